The van der Waals surface area contributed by atoms with Crippen molar-refractivity contribution in [3.63, 3.8) is 0 Å². The van der Waals surface area contributed by atoms with E-state index < -0.39 is 18.5 Å². The molecule has 0 radical (unpaired) electrons. The molecule has 5 heteroatoms. The Bertz CT molecular complexity index is 541. The Balaban J connectivity index is 3.21. The van der Waals surface area contributed by atoms with Crippen molar-refractivity contribution >= 4 is 13.1 Å². The molecule has 122 valence electrons. The first-order valence-electron chi connectivity index (χ1n) is 7.45. The third-order valence-electron chi connectivity index (χ3n) is 3.57. The molecule has 0 saturated carbocycles. The molecule has 0 amide bonds. The molecular formula is C17H25O4P. The molecule has 1 aromatic rings. The van der Waals surface area contributed by atoms with Crippen LogP contribution in [-0.4, -0.2) is 18.7 Å². The SMILES string of the molecule is C=CC(c1ccccc1)C(C)(C)C(=O)P(=O)(OCC)OCC. The number of hydrogen-bond donors (Lipinski definition) is 0. The topological polar surface area (TPSA) is 52.6 Å². The second kappa shape index (κ2) is 7.87. The minimum Gasteiger partial charge on any atom is -0.303 e. The van der Waals surface area contributed by atoms with Gasteiger partial charge < -0.3 is 9.05 Å². The lowest BCUT2D eigenvalue weighted by atomic mass is 9.76. The van der Waals surface area contributed by atoms with E-state index in [2.05, 4.69) is 6.58 Å². The highest BCUT2D eigenvalue weighted by atomic mass is 31.2. The van der Waals surface area contributed by atoms with Gasteiger partial charge in [0.2, 0.25) is 5.52 Å². The van der Waals surface area contributed by atoms with E-state index in [0.29, 0.717) is 0 Å². The minimum atomic E-state index is -3.81. The fourth-order valence-corrected chi connectivity index (χ4v) is 4.32. The van der Waals surface area contributed by atoms with Crippen LogP contribution in [0.5, 0.6) is 0 Å². The number of benzene rings is 1. The van der Waals surface area contributed by atoms with Crippen LogP contribution in [0.25, 0.3) is 0 Å². The van der Waals surface area contributed by atoms with Gasteiger partial charge in [0.1, 0.15) is 0 Å². The van der Waals surface area contributed by atoms with Crippen LogP contribution in [-0.2, 0) is 18.4 Å². The lowest BCUT2D eigenvalue weighted by Gasteiger charge is -2.33. The zero-order valence-corrected chi connectivity index (χ0v) is 14.6. The Morgan fingerprint density at radius 1 is 1.23 bits per heavy atom. The summed E-state index contributed by atoms with van der Waals surface area (Å²) in [4.78, 5) is 12.9. The van der Waals surface area contributed by atoms with Gasteiger partial charge in [0.15, 0.2) is 0 Å². The van der Waals surface area contributed by atoms with Crippen LogP contribution in [0, 0.1) is 5.41 Å². The minimum absolute atomic E-state index is 0.156. The van der Waals surface area contributed by atoms with Gasteiger partial charge in [-0.15, -0.1) is 6.58 Å². The van der Waals surface area contributed by atoms with Crippen LogP contribution < -0.4 is 0 Å². The van der Waals surface area contributed by atoms with Crippen molar-refractivity contribution in [1.29, 1.82) is 0 Å². The van der Waals surface area contributed by atoms with Gasteiger partial charge in [-0.25, -0.2) is 0 Å². The average Bonchev–Trinajstić information content (AvgIpc) is 2.48. The van der Waals surface area contributed by atoms with E-state index in [1.54, 1.807) is 33.8 Å². The monoisotopic (exact) mass is 324 g/mol. The van der Waals surface area contributed by atoms with Crippen LogP contribution in [0.1, 0.15) is 39.2 Å². The van der Waals surface area contributed by atoms with Gasteiger partial charge in [0, 0.05) is 11.3 Å². The maximum Gasteiger partial charge on any atom is 0.397 e. The molecule has 1 rings (SSSR count). The first-order valence-corrected chi connectivity index (χ1v) is 8.99. The van der Waals surface area contributed by atoms with Crippen LogP contribution in [0.4, 0.5) is 0 Å². The summed E-state index contributed by atoms with van der Waals surface area (Å²) in [6.07, 6.45) is 1.70. The molecule has 0 aliphatic rings. The molecule has 0 bridgehead atoms. The van der Waals surface area contributed by atoms with E-state index in [4.69, 9.17) is 9.05 Å². The summed E-state index contributed by atoms with van der Waals surface area (Å²) in [6, 6.07) is 9.55. The molecule has 0 aromatic heterocycles. The molecule has 0 N–H and O–H groups in total. The normalized spacial score (nSPS) is 13.6. The van der Waals surface area contributed by atoms with E-state index in [9.17, 15) is 9.36 Å². The highest BCUT2D eigenvalue weighted by molar-refractivity contribution is 7.72. The summed E-state index contributed by atoms with van der Waals surface area (Å²) in [5.74, 6) is -0.282. The van der Waals surface area contributed by atoms with E-state index >= 15 is 0 Å². The number of allylic oxidation sites excluding steroid dienone is 1. The third-order valence-corrected chi connectivity index (χ3v) is 5.84. The first kappa shape index (κ1) is 18.8. The second-order valence-corrected chi connectivity index (χ2v) is 7.40. The Hall–Kier alpha value is -1.22. The molecule has 1 atom stereocenters. The van der Waals surface area contributed by atoms with Gasteiger partial charge in [-0.3, -0.25) is 9.36 Å². The predicted molar refractivity (Wildman–Crippen MR) is 89.0 cm³/mol. The molecule has 0 fully saturated rings. The highest BCUT2D eigenvalue weighted by Crippen LogP contribution is 2.57. The van der Waals surface area contributed by atoms with Gasteiger partial charge >= 0.3 is 7.60 Å². The number of hydrogen-bond acceptors (Lipinski definition) is 4. The predicted octanol–water partition coefficient (Wildman–Crippen LogP) is 4.78. The quantitative estimate of drug-likeness (QED) is 0.485. The second-order valence-electron chi connectivity index (χ2n) is 5.48. The van der Waals surface area contributed by atoms with Crippen molar-refractivity contribution < 1.29 is 18.4 Å². The lowest BCUT2D eigenvalue weighted by molar-refractivity contribution is -0.122. The maximum absolute atomic E-state index is 12.9. The maximum atomic E-state index is 12.9. The van der Waals surface area contributed by atoms with Crippen LogP contribution >= 0.6 is 7.60 Å². The molecule has 1 unspecified atom stereocenters. The zero-order valence-electron chi connectivity index (χ0n) is 13.7. The molecular weight excluding hydrogens is 299 g/mol. The smallest absolute Gasteiger partial charge is 0.303 e. The summed E-state index contributed by atoms with van der Waals surface area (Å²) >= 11 is 0. The highest BCUT2D eigenvalue weighted by Gasteiger charge is 2.48. The van der Waals surface area contributed by atoms with Crippen LogP contribution in [0.2, 0.25) is 0 Å². The van der Waals surface area contributed by atoms with Crippen molar-refractivity contribution in [2.75, 3.05) is 13.2 Å². The average molecular weight is 324 g/mol. The van der Waals surface area contributed by atoms with E-state index in [0.717, 1.165) is 5.56 Å². The summed E-state index contributed by atoms with van der Waals surface area (Å²) in [5.41, 5.74) is -0.531. The number of rotatable bonds is 9. The zero-order chi connectivity index (χ0) is 16.8. The summed E-state index contributed by atoms with van der Waals surface area (Å²) in [7, 11) is -3.81. The summed E-state index contributed by atoms with van der Waals surface area (Å²) in [6.45, 7) is 11.0. The summed E-state index contributed by atoms with van der Waals surface area (Å²) in [5, 5.41) is 0. The van der Waals surface area contributed by atoms with Gasteiger partial charge in [-0.1, -0.05) is 50.3 Å². The first-order chi connectivity index (χ1) is 10.3. The molecule has 0 aliphatic carbocycles. The molecule has 1 aromatic carbocycles. The number of carbonyl (C=O) groups excluding carboxylic acids is 1. The van der Waals surface area contributed by atoms with Crippen molar-refractivity contribution in [3.05, 3.63) is 48.6 Å². The molecule has 0 heterocycles. The van der Waals surface area contributed by atoms with Crippen molar-refractivity contribution in [1.82, 2.24) is 0 Å². The van der Waals surface area contributed by atoms with Crippen LogP contribution in [0.15, 0.2) is 43.0 Å². The standard InChI is InChI=1S/C17H25O4P/c1-6-15(14-12-10-9-11-13-14)17(4,5)16(18)22(19,20-7-2)21-8-3/h6,9-13,15H,1,7-8H2,2-5H3. The number of carbonyl (C=O) groups is 1. The Morgan fingerprint density at radius 2 is 1.73 bits per heavy atom. The largest absolute Gasteiger partial charge is 0.397 e. The van der Waals surface area contributed by atoms with E-state index in [1.165, 1.54) is 0 Å². The van der Waals surface area contributed by atoms with Crippen molar-refractivity contribution in [3.8, 4) is 0 Å². The van der Waals surface area contributed by atoms with Gasteiger partial charge in [-0.2, -0.15) is 0 Å². The molecule has 0 aliphatic heterocycles. The molecule has 0 spiro atoms. The Morgan fingerprint density at radius 3 is 2.14 bits per heavy atom. The van der Waals surface area contributed by atoms with E-state index in [-0.39, 0.29) is 19.1 Å². The third kappa shape index (κ3) is 3.95. The van der Waals surface area contributed by atoms with E-state index in [1.807, 2.05) is 30.3 Å². The summed E-state index contributed by atoms with van der Waals surface area (Å²) < 4.78 is 23.2. The molecule has 4 nitrogen and oxygen atoms in total. The van der Waals surface area contributed by atoms with Crippen molar-refractivity contribution in [2.45, 2.75) is 33.6 Å². The molecule has 22 heavy (non-hydrogen) atoms. The lowest BCUT2D eigenvalue weighted by Crippen LogP contribution is -2.31. The Kier molecular flexibility index (Phi) is 6.73. The Labute approximate surface area is 133 Å². The van der Waals surface area contributed by atoms with Crippen LogP contribution in [0.3, 0.4) is 0 Å². The van der Waals surface area contributed by atoms with Gasteiger partial charge in [0.25, 0.3) is 0 Å². The van der Waals surface area contributed by atoms with Gasteiger partial charge in [-0.05, 0) is 19.4 Å². The fraction of sp³-hybridized carbons (Fsp3) is 0.471. The fourth-order valence-electron chi connectivity index (χ4n) is 2.49. The van der Waals surface area contributed by atoms with Gasteiger partial charge in [0.05, 0.1) is 13.2 Å². The molecule has 0 saturated heterocycles. The van der Waals surface area contributed by atoms with Crippen molar-refractivity contribution in [2.24, 2.45) is 5.41 Å².